The van der Waals surface area contributed by atoms with Crippen molar-refractivity contribution in [2.75, 3.05) is 6.54 Å². The first-order valence-corrected chi connectivity index (χ1v) is 9.12. The summed E-state index contributed by atoms with van der Waals surface area (Å²) in [6, 6.07) is 8.34. The first kappa shape index (κ1) is 17.0. The molecule has 1 aromatic carbocycles. The molecule has 0 aliphatic heterocycles. The number of thiophene rings is 1. The van der Waals surface area contributed by atoms with E-state index in [2.05, 4.69) is 4.72 Å². The zero-order valence-corrected chi connectivity index (χ0v) is 14.2. The van der Waals surface area contributed by atoms with Crippen LogP contribution in [0.1, 0.15) is 21.5 Å². The fraction of sp³-hybridized carbons (Fsp3) is 0.214. The molecule has 5 nitrogen and oxygen atoms in total. The molecule has 0 spiro atoms. The van der Waals surface area contributed by atoms with Crippen LogP contribution in [-0.4, -0.2) is 20.9 Å². The van der Waals surface area contributed by atoms with Crippen molar-refractivity contribution in [1.82, 2.24) is 4.72 Å². The molecule has 0 atom stereocenters. The van der Waals surface area contributed by atoms with Gasteiger partial charge in [0.15, 0.2) is 0 Å². The highest BCUT2D eigenvalue weighted by molar-refractivity contribution is 7.91. The number of hydrogen-bond donors (Lipinski definition) is 2. The average molecular weight is 359 g/mol. The molecule has 0 aliphatic rings. The van der Waals surface area contributed by atoms with E-state index in [-0.39, 0.29) is 10.8 Å². The fourth-order valence-corrected chi connectivity index (χ4v) is 4.63. The first-order valence-electron chi connectivity index (χ1n) is 6.44. The van der Waals surface area contributed by atoms with Gasteiger partial charge in [0, 0.05) is 12.1 Å². The third-order valence-corrected chi connectivity index (χ3v) is 6.51. The van der Waals surface area contributed by atoms with Gasteiger partial charge in [-0.05, 0) is 42.7 Å². The third-order valence-electron chi connectivity index (χ3n) is 3.02. The lowest BCUT2D eigenvalue weighted by molar-refractivity contribution is 0.1000. The van der Waals surface area contributed by atoms with Crippen LogP contribution >= 0.6 is 22.9 Å². The number of primary amides is 1. The molecule has 8 heteroatoms. The van der Waals surface area contributed by atoms with Crippen molar-refractivity contribution in [1.29, 1.82) is 0 Å². The lowest BCUT2D eigenvalue weighted by atomic mass is 10.1. The van der Waals surface area contributed by atoms with E-state index in [9.17, 15) is 13.2 Å². The second-order valence-corrected chi connectivity index (χ2v) is 8.38. The van der Waals surface area contributed by atoms with Crippen LogP contribution < -0.4 is 10.5 Å². The molecule has 0 saturated carbocycles. The maximum Gasteiger partial charge on any atom is 0.250 e. The predicted molar refractivity (Wildman–Crippen MR) is 87.9 cm³/mol. The first-order chi connectivity index (χ1) is 10.3. The van der Waals surface area contributed by atoms with Gasteiger partial charge in [0.05, 0.1) is 4.34 Å². The van der Waals surface area contributed by atoms with Crippen LogP contribution in [-0.2, 0) is 16.4 Å². The van der Waals surface area contributed by atoms with Crippen molar-refractivity contribution < 1.29 is 13.2 Å². The number of sulfonamides is 1. The van der Waals surface area contributed by atoms with Crippen molar-refractivity contribution in [3.8, 4) is 0 Å². The predicted octanol–water partition coefficient (Wildman–Crippen LogP) is 2.33. The summed E-state index contributed by atoms with van der Waals surface area (Å²) in [6.45, 7) is 1.98. The van der Waals surface area contributed by atoms with E-state index < -0.39 is 15.9 Å². The number of nitrogens with one attached hydrogen (secondary N) is 1. The quantitative estimate of drug-likeness (QED) is 0.830. The Morgan fingerprint density at radius 2 is 2.09 bits per heavy atom. The largest absolute Gasteiger partial charge is 0.366 e. The van der Waals surface area contributed by atoms with Gasteiger partial charge in [0.25, 0.3) is 0 Å². The summed E-state index contributed by atoms with van der Waals surface area (Å²) in [7, 11) is -3.57. The Kier molecular flexibility index (Phi) is 5.23. The van der Waals surface area contributed by atoms with Crippen LogP contribution in [0.2, 0.25) is 4.34 Å². The maximum absolute atomic E-state index is 12.1. The van der Waals surface area contributed by atoms with Crippen LogP contribution in [0, 0.1) is 6.92 Å². The molecule has 1 heterocycles. The molecule has 118 valence electrons. The van der Waals surface area contributed by atoms with Gasteiger partial charge in [-0.15, -0.1) is 11.3 Å². The Bertz CT molecular complexity index is 781. The Morgan fingerprint density at radius 3 is 2.68 bits per heavy atom. The van der Waals surface area contributed by atoms with Crippen molar-refractivity contribution in [3.63, 3.8) is 0 Å². The molecular weight excluding hydrogens is 344 g/mol. The summed E-state index contributed by atoms with van der Waals surface area (Å²) in [6.07, 6.45) is 0.457. The standard InChI is InChI=1S/C14H15ClN2O3S2/c1-9-7-12(21-13(9)15)22(19,20)17-6-5-10-3-2-4-11(8-10)14(16)18/h2-4,7-8,17H,5-6H2,1H3,(H2,16,18). The normalized spacial score (nSPS) is 11.5. The van der Waals surface area contributed by atoms with Crippen molar-refractivity contribution >= 4 is 38.9 Å². The number of carbonyl (C=O) groups is 1. The minimum absolute atomic E-state index is 0.195. The van der Waals surface area contributed by atoms with E-state index in [1.165, 1.54) is 0 Å². The molecule has 2 rings (SSSR count). The SMILES string of the molecule is Cc1cc(S(=O)(=O)NCCc2cccc(C(N)=O)c2)sc1Cl. The highest BCUT2D eigenvalue weighted by Gasteiger charge is 2.17. The highest BCUT2D eigenvalue weighted by Crippen LogP contribution is 2.29. The number of aryl methyl sites for hydroxylation is 1. The minimum Gasteiger partial charge on any atom is -0.366 e. The summed E-state index contributed by atoms with van der Waals surface area (Å²) in [5, 5.41) is 0. The van der Waals surface area contributed by atoms with Gasteiger partial charge in [0.2, 0.25) is 15.9 Å². The van der Waals surface area contributed by atoms with Gasteiger partial charge in [-0.3, -0.25) is 4.79 Å². The second kappa shape index (κ2) is 6.78. The van der Waals surface area contributed by atoms with Gasteiger partial charge >= 0.3 is 0 Å². The van der Waals surface area contributed by atoms with Crippen LogP contribution in [0.15, 0.2) is 34.5 Å². The molecular formula is C14H15ClN2O3S2. The van der Waals surface area contributed by atoms with Crippen LogP contribution in [0.4, 0.5) is 0 Å². The Balaban J connectivity index is 2.01. The van der Waals surface area contributed by atoms with Gasteiger partial charge in [-0.2, -0.15) is 0 Å². The summed E-state index contributed by atoms with van der Waals surface area (Å²) in [4.78, 5) is 11.1. The molecule has 0 bridgehead atoms. The van der Waals surface area contributed by atoms with E-state index in [4.69, 9.17) is 17.3 Å². The Hall–Kier alpha value is -1.41. The summed E-state index contributed by atoms with van der Waals surface area (Å²) in [5.74, 6) is -0.508. The number of carbonyl (C=O) groups excluding carboxylic acids is 1. The average Bonchev–Trinajstić information content (AvgIpc) is 2.80. The van der Waals surface area contributed by atoms with E-state index in [1.807, 2.05) is 6.07 Å². The van der Waals surface area contributed by atoms with Crippen LogP contribution in [0.25, 0.3) is 0 Å². The molecule has 0 fully saturated rings. The summed E-state index contributed by atoms with van der Waals surface area (Å²) < 4.78 is 27.4. The highest BCUT2D eigenvalue weighted by atomic mass is 35.5. The van der Waals surface area contributed by atoms with Gasteiger partial charge < -0.3 is 5.73 Å². The molecule has 2 aromatic rings. The smallest absolute Gasteiger partial charge is 0.250 e. The number of rotatable bonds is 6. The summed E-state index contributed by atoms with van der Waals surface area (Å²) in [5.41, 5.74) is 7.19. The molecule has 3 N–H and O–H groups in total. The lowest BCUT2D eigenvalue weighted by Crippen LogP contribution is -2.25. The van der Waals surface area contributed by atoms with E-state index >= 15 is 0 Å². The van der Waals surface area contributed by atoms with Gasteiger partial charge in [-0.1, -0.05) is 23.7 Å². The second-order valence-electron chi connectivity index (χ2n) is 4.73. The topological polar surface area (TPSA) is 89.3 Å². The van der Waals surface area contributed by atoms with Crippen molar-refractivity contribution in [2.45, 2.75) is 17.6 Å². The molecule has 0 aliphatic carbocycles. The summed E-state index contributed by atoms with van der Waals surface area (Å²) >= 11 is 6.92. The Morgan fingerprint density at radius 1 is 1.36 bits per heavy atom. The molecule has 0 saturated heterocycles. The Labute approximate surface area is 138 Å². The molecule has 22 heavy (non-hydrogen) atoms. The molecule has 1 amide bonds. The molecule has 0 radical (unpaired) electrons. The fourth-order valence-electron chi connectivity index (χ4n) is 1.85. The van der Waals surface area contributed by atoms with E-state index in [0.717, 1.165) is 22.5 Å². The monoisotopic (exact) mass is 358 g/mol. The number of halogens is 1. The number of hydrogen-bond acceptors (Lipinski definition) is 4. The number of amides is 1. The minimum atomic E-state index is -3.57. The van der Waals surface area contributed by atoms with E-state index in [1.54, 1.807) is 31.2 Å². The zero-order valence-electron chi connectivity index (χ0n) is 11.8. The number of nitrogens with two attached hydrogens (primary N) is 1. The van der Waals surface area contributed by atoms with Crippen molar-refractivity contribution in [2.24, 2.45) is 5.73 Å². The lowest BCUT2D eigenvalue weighted by Gasteiger charge is -2.06. The van der Waals surface area contributed by atoms with E-state index in [0.29, 0.717) is 16.3 Å². The zero-order chi connectivity index (χ0) is 16.3. The van der Waals surface area contributed by atoms with Crippen LogP contribution in [0.5, 0.6) is 0 Å². The molecule has 0 unspecified atom stereocenters. The van der Waals surface area contributed by atoms with Gasteiger partial charge in [-0.25, -0.2) is 13.1 Å². The maximum atomic E-state index is 12.1. The van der Waals surface area contributed by atoms with Gasteiger partial charge in [0.1, 0.15) is 4.21 Å². The number of benzene rings is 1. The van der Waals surface area contributed by atoms with Crippen molar-refractivity contribution in [3.05, 3.63) is 51.4 Å². The van der Waals surface area contributed by atoms with Crippen LogP contribution in [0.3, 0.4) is 0 Å². The molecule has 1 aromatic heterocycles. The third kappa shape index (κ3) is 4.07.